The third-order valence-electron chi connectivity index (χ3n) is 3.08. The van der Waals surface area contributed by atoms with E-state index in [0.29, 0.717) is 23.8 Å². The highest BCUT2D eigenvalue weighted by atomic mass is 16.5. The molecule has 0 aliphatic carbocycles. The largest absolute Gasteiger partial charge is 0.496 e. The number of hydrogen-bond donors (Lipinski definition) is 2. The molecule has 0 fully saturated rings. The minimum Gasteiger partial charge on any atom is -0.496 e. The number of nitrogens with two attached hydrogens (primary N) is 2. The van der Waals surface area contributed by atoms with Gasteiger partial charge in [0.25, 0.3) is 0 Å². The zero-order chi connectivity index (χ0) is 13.7. The summed E-state index contributed by atoms with van der Waals surface area (Å²) in [5, 5.41) is 0. The average Bonchev–Trinajstić information content (AvgIpc) is 2.43. The predicted molar refractivity (Wildman–Crippen MR) is 71.2 cm³/mol. The van der Waals surface area contributed by atoms with E-state index in [1.54, 1.807) is 27.4 Å². The summed E-state index contributed by atoms with van der Waals surface area (Å²) in [6, 6.07) is 3.41. The predicted octanol–water partition coefficient (Wildman–Crippen LogP) is 1.31. The van der Waals surface area contributed by atoms with Gasteiger partial charge in [-0.15, -0.1) is 0 Å². The lowest BCUT2D eigenvalue weighted by atomic mass is 9.94. The summed E-state index contributed by atoms with van der Waals surface area (Å²) in [6.07, 6.45) is 0. The first kappa shape index (κ1) is 14.6. The molecule has 0 aliphatic rings. The van der Waals surface area contributed by atoms with Crippen molar-refractivity contribution in [3.63, 3.8) is 0 Å². The second kappa shape index (κ2) is 6.47. The van der Waals surface area contributed by atoms with Crippen LogP contribution in [0.15, 0.2) is 12.1 Å². The van der Waals surface area contributed by atoms with Crippen LogP contribution in [0.5, 0.6) is 17.2 Å². The maximum atomic E-state index is 6.18. The Hall–Kier alpha value is -1.46. The number of benzene rings is 1. The number of ether oxygens (including phenoxy) is 3. The zero-order valence-electron chi connectivity index (χ0n) is 11.4. The van der Waals surface area contributed by atoms with Crippen LogP contribution in [0.2, 0.25) is 0 Å². The van der Waals surface area contributed by atoms with Crippen molar-refractivity contribution in [2.75, 3.05) is 27.9 Å². The molecule has 2 atom stereocenters. The molecule has 18 heavy (non-hydrogen) atoms. The van der Waals surface area contributed by atoms with E-state index in [-0.39, 0.29) is 12.0 Å². The third kappa shape index (κ3) is 2.86. The lowest BCUT2D eigenvalue weighted by Crippen LogP contribution is -2.26. The van der Waals surface area contributed by atoms with Crippen molar-refractivity contribution in [3.8, 4) is 17.2 Å². The Morgan fingerprint density at radius 3 is 1.94 bits per heavy atom. The Morgan fingerprint density at radius 2 is 1.50 bits per heavy atom. The van der Waals surface area contributed by atoms with E-state index in [4.69, 9.17) is 25.7 Å². The number of hydrogen-bond acceptors (Lipinski definition) is 5. The summed E-state index contributed by atoms with van der Waals surface area (Å²) in [5.41, 5.74) is 12.7. The van der Waals surface area contributed by atoms with Gasteiger partial charge in [-0.3, -0.25) is 0 Å². The molecule has 5 heteroatoms. The van der Waals surface area contributed by atoms with Crippen LogP contribution < -0.4 is 25.7 Å². The van der Waals surface area contributed by atoms with Gasteiger partial charge in [0.1, 0.15) is 5.75 Å². The number of methoxy groups -OCH3 is 3. The van der Waals surface area contributed by atoms with Crippen LogP contribution >= 0.6 is 0 Å². The number of rotatable bonds is 6. The summed E-state index contributed by atoms with van der Waals surface area (Å²) in [5.74, 6) is 2.08. The molecule has 1 rings (SSSR count). The van der Waals surface area contributed by atoms with Gasteiger partial charge in [-0.2, -0.15) is 0 Å². The first-order valence-corrected chi connectivity index (χ1v) is 5.84. The summed E-state index contributed by atoms with van der Waals surface area (Å²) >= 11 is 0. The van der Waals surface area contributed by atoms with Gasteiger partial charge in [0, 0.05) is 17.7 Å². The van der Waals surface area contributed by atoms with Crippen LogP contribution in [0, 0.1) is 5.92 Å². The van der Waals surface area contributed by atoms with Gasteiger partial charge < -0.3 is 25.7 Å². The minimum absolute atomic E-state index is 0.150. The lowest BCUT2D eigenvalue weighted by molar-refractivity contribution is 0.343. The maximum Gasteiger partial charge on any atom is 0.164 e. The van der Waals surface area contributed by atoms with Crippen LogP contribution in [-0.4, -0.2) is 27.9 Å². The molecule has 1 aromatic rings. The summed E-state index contributed by atoms with van der Waals surface area (Å²) in [4.78, 5) is 0. The first-order valence-electron chi connectivity index (χ1n) is 5.84. The molecule has 0 aromatic heterocycles. The quantitative estimate of drug-likeness (QED) is 0.800. The second-order valence-electron chi connectivity index (χ2n) is 4.19. The normalized spacial score (nSPS) is 13.9. The van der Waals surface area contributed by atoms with Crippen molar-refractivity contribution in [1.29, 1.82) is 0 Å². The molecule has 102 valence electrons. The average molecular weight is 254 g/mol. The molecule has 2 unspecified atom stereocenters. The lowest BCUT2D eigenvalue weighted by Gasteiger charge is -2.22. The molecule has 0 amide bonds. The molecule has 0 heterocycles. The van der Waals surface area contributed by atoms with Crippen molar-refractivity contribution in [2.24, 2.45) is 17.4 Å². The standard InChI is InChI=1S/C13H22N2O3/c1-8(7-14)13(15)9-5-11(17-3)12(18-4)6-10(9)16-2/h5-6,8,13H,7,14-15H2,1-4H3. The first-order chi connectivity index (χ1) is 8.58. The summed E-state index contributed by atoms with van der Waals surface area (Å²) in [7, 11) is 4.77. The topological polar surface area (TPSA) is 79.7 Å². The van der Waals surface area contributed by atoms with Gasteiger partial charge in [-0.1, -0.05) is 6.92 Å². The van der Waals surface area contributed by atoms with Crippen molar-refractivity contribution in [2.45, 2.75) is 13.0 Å². The van der Waals surface area contributed by atoms with E-state index < -0.39 is 0 Å². The van der Waals surface area contributed by atoms with Crippen molar-refractivity contribution in [1.82, 2.24) is 0 Å². The Morgan fingerprint density at radius 1 is 1.00 bits per heavy atom. The van der Waals surface area contributed by atoms with Crippen LogP contribution in [0.4, 0.5) is 0 Å². The Labute approximate surface area is 108 Å². The molecule has 0 spiro atoms. The highest BCUT2D eigenvalue weighted by molar-refractivity contribution is 5.51. The fraction of sp³-hybridized carbons (Fsp3) is 0.538. The van der Waals surface area contributed by atoms with Crippen LogP contribution in [0.1, 0.15) is 18.5 Å². The molecular weight excluding hydrogens is 232 g/mol. The van der Waals surface area contributed by atoms with Crippen molar-refractivity contribution in [3.05, 3.63) is 17.7 Å². The van der Waals surface area contributed by atoms with Crippen LogP contribution in [0.3, 0.4) is 0 Å². The Kier molecular flexibility index (Phi) is 5.25. The van der Waals surface area contributed by atoms with E-state index in [2.05, 4.69) is 0 Å². The van der Waals surface area contributed by atoms with Gasteiger partial charge in [0.2, 0.25) is 0 Å². The van der Waals surface area contributed by atoms with Gasteiger partial charge >= 0.3 is 0 Å². The molecule has 0 aliphatic heterocycles. The van der Waals surface area contributed by atoms with E-state index in [1.165, 1.54) is 0 Å². The summed E-state index contributed by atoms with van der Waals surface area (Å²) in [6.45, 7) is 2.51. The maximum absolute atomic E-state index is 6.18. The van der Waals surface area contributed by atoms with Gasteiger partial charge in [-0.05, 0) is 18.5 Å². The van der Waals surface area contributed by atoms with Gasteiger partial charge in [0.15, 0.2) is 11.5 Å². The molecule has 0 radical (unpaired) electrons. The molecule has 0 saturated heterocycles. The molecule has 5 nitrogen and oxygen atoms in total. The monoisotopic (exact) mass is 254 g/mol. The SMILES string of the molecule is COc1cc(OC)c(C(N)C(C)CN)cc1OC. The fourth-order valence-corrected chi connectivity index (χ4v) is 1.77. The molecule has 4 N–H and O–H groups in total. The van der Waals surface area contributed by atoms with E-state index in [1.807, 2.05) is 13.0 Å². The van der Waals surface area contributed by atoms with Crippen molar-refractivity contribution < 1.29 is 14.2 Å². The molecule has 0 saturated carbocycles. The highest BCUT2D eigenvalue weighted by Gasteiger charge is 2.20. The van der Waals surface area contributed by atoms with Crippen LogP contribution in [-0.2, 0) is 0 Å². The van der Waals surface area contributed by atoms with E-state index >= 15 is 0 Å². The van der Waals surface area contributed by atoms with Gasteiger partial charge in [-0.25, -0.2) is 0 Å². The smallest absolute Gasteiger partial charge is 0.164 e. The molecular formula is C13H22N2O3. The van der Waals surface area contributed by atoms with Crippen LogP contribution in [0.25, 0.3) is 0 Å². The molecule has 1 aromatic carbocycles. The minimum atomic E-state index is -0.204. The summed E-state index contributed by atoms with van der Waals surface area (Å²) < 4.78 is 15.8. The van der Waals surface area contributed by atoms with E-state index in [9.17, 15) is 0 Å². The van der Waals surface area contributed by atoms with Crippen molar-refractivity contribution >= 4 is 0 Å². The third-order valence-corrected chi connectivity index (χ3v) is 3.08. The highest BCUT2D eigenvalue weighted by Crippen LogP contribution is 2.38. The van der Waals surface area contributed by atoms with Gasteiger partial charge in [0.05, 0.1) is 21.3 Å². The Balaban J connectivity index is 3.24. The Bertz CT molecular complexity index is 396. The zero-order valence-corrected chi connectivity index (χ0v) is 11.4. The fourth-order valence-electron chi connectivity index (χ4n) is 1.77. The van der Waals surface area contributed by atoms with E-state index in [0.717, 1.165) is 5.56 Å². The molecule has 0 bridgehead atoms. The second-order valence-corrected chi connectivity index (χ2v) is 4.19.